The van der Waals surface area contributed by atoms with Crippen LogP contribution in [0.1, 0.15) is 41.0 Å². The third-order valence-corrected chi connectivity index (χ3v) is 4.09. The molecule has 2 heterocycles. The molecule has 0 amide bonds. The van der Waals surface area contributed by atoms with Gasteiger partial charge in [0.2, 0.25) is 0 Å². The summed E-state index contributed by atoms with van der Waals surface area (Å²) in [5, 5.41) is 3.47. The molecule has 20 heavy (non-hydrogen) atoms. The summed E-state index contributed by atoms with van der Waals surface area (Å²) < 4.78 is 16.7. The van der Waals surface area contributed by atoms with Crippen LogP contribution >= 0.6 is 0 Å². The van der Waals surface area contributed by atoms with E-state index in [4.69, 9.17) is 14.2 Å². The molecule has 2 fully saturated rings. The van der Waals surface area contributed by atoms with E-state index in [0.29, 0.717) is 27.0 Å². The predicted octanol–water partition coefficient (Wildman–Crippen LogP) is 1.34. The smallest absolute Gasteiger partial charge is 0.150 e. The van der Waals surface area contributed by atoms with E-state index >= 15 is 0 Å². The van der Waals surface area contributed by atoms with Crippen LogP contribution in [0.4, 0.5) is 0 Å². The number of nitrogens with zero attached hydrogens (tertiary/aromatic N) is 2. The third-order valence-electron chi connectivity index (χ3n) is 4.09. The Labute approximate surface area is 122 Å². The lowest BCUT2D eigenvalue weighted by Crippen LogP contribution is -2.59. The summed E-state index contributed by atoms with van der Waals surface area (Å²) in [7, 11) is 0. The summed E-state index contributed by atoms with van der Waals surface area (Å²) in [5.74, 6) is 0. The summed E-state index contributed by atoms with van der Waals surface area (Å²) in [6.45, 7) is 14.2. The second-order valence-electron chi connectivity index (χ2n) is 7.20. The fourth-order valence-corrected chi connectivity index (χ4v) is 2.38. The molecule has 2 saturated heterocycles. The molecule has 2 aliphatic heterocycles. The van der Waals surface area contributed by atoms with Crippen LogP contribution in [0.15, 0.2) is 0 Å². The van der Waals surface area contributed by atoms with E-state index in [2.05, 4.69) is 49.7 Å². The van der Waals surface area contributed by atoms with Gasteiger partial charge in [-0.15, -0.1) is 0 Å². The first-order valence-electron chi connectivity index (χ1n) is 7.30. The van der Waals surface area contributed by atoms with E-state index in [1.807, 2.05) is 0 Å². The largest absolute Gasteiger partial charge is 0.348 e. The lowest BCUT2D eigenvalue weighted by Gasteiger charge is -2.45. The van der Waals surface area contributed by atoms with Gasteiger partial charge in [0.15, 0.2) is 0 Å². The number of rotatable bonds is 3. The van der Waals surface area contributed by atoms with Crippen LogP contribution in [0.3, 0.4) is 0 Å². The number of nitrogens with one attached hydrogen (secondary N) is 1. The van der Waals surface area contributed by atoms with Gasteiger partial charge in [-0.25, -0.2) is 0 Å². The second kappa shape index (κ2) is 6.25. The van der Waals surface area contributed by atoms with Crippen molar-refractivity contribution in [2.45, 2.75) is 58.3 Å². The molecule has 1 atom stereocenters. The van der Waals surface area contributed by atoms with Gasteiger partial charge in [0.1, 0.15) is 33.2 Å². The molecule has 2 aliphatic rings. The first-order valence-corrected chi connectivity index (χ1v) is 7.30. The highest BCUT2D eigenvalue weighted by molar-refractivity contribution is 4.84. The molecule has 0 aliphatic carbocycles. The van der Waals surface area contributed by atoms with Crippen molar-refractivity contribution in [3.05, 3.63) is 0 Å². The highest BCUT2D eigenvalue weighted by atomic mass is 16.7. The summed E-state index contributed by atoms with van der Waals surface area (Å²) in [6, 6.07) is 0. The average Bonchev–Trinajstić information content (AvgIpc) is 2.39. The van der Waals surface area contributed by atoms with Crippen LogP contribution in [0.5, 0.6) is 0 Å². The normalized spacial score (nSPS) is 27.8. The Hall–Kier alpha value is -0.240. The molecule has 6 nitrogen and oxygen atoms in total. The second-order valence-corrected chi connectivity index (χ2v) is 7.20. The molecule has 0 radical (unpaired) electrons. The predicted molar refractivity (Wildman–Crippen MR) is 76.6 cm³/mol. The van der Waals surface area contributed by atoms with Gasteiger partial charge in [0.05, 0.1) is 6.67 Å². The fraction of sp³-hybridized carbons (Fsp3) is 1.00. The first kappa shape index (κ1) is 16.1. The van der Waals surface area contributed by atoms with Crippen molar-refractivity contribution < 1.29 is 14.2 Å². The molecule has 0 aromatic rings. The number of hydrogen-bond donors (Lipinski definition) is 1. The standard InChI is InChI=1S/C14H29N3O3/c1-13(2,3)16-7-15-12(20-10-16)6-14(4,5)17-8-18-11-19-9-17/h12,15H,6-11H2,1-5H3. The topological polar surface area (TPSA) is 46.2 Å². The Bertz CT molecular complexity index is 303. The van der Waals surface area contributed by atoms with Gasteiger partial charge >= 0.3 is 0 Å². The van der Waals surface area contributed by atoms with E-state index < -0.39 is 0 Å². The highest BCUT2D eigenvalue weighted by Crippen LogP contribution is 2.24. The van der Waals surface area contributed by atoms with Gasteiger partial charge < -0.3 is 14.2 Å². The Morgan fingerprint density at radius 1 is 1.00 bits per heavy atom. The van der Waals surface area contributed by atoms with Gasteiger partial charge in [0, 0.05) is 17.5 Å². The van der Waals surface area contributed by atoms with E-state index in [1.54, 1.807) is 0 Å². The average molecular weight is 287 g/mol. The van der Waals surface area contributed by atoms with Crippen molar-refractivity contribution in [2.75, 3.05) is 33.7 Å². The maximum Gasteiger partial charge on any atom is 0.150 e. The Balaban J connectivity index is 1.82. The van der Waals surface area contributed by atoms with Crippen molar-refractivity contribution in [1.82, 2.24) is 15.1 Å². The van der Waals surface area contributed by atoms with Crippen molar-refractivity contribution in [2.24, 2.45) is 0 Å². The molecule has 1 N–H and O–H groups in total. The van der Waals surface area contributed by atoms with Gasteiger partial charge in [-0.2, -0.15) is 0 Å². The molecular formula is C14H29N3O3. The van der Waals surface area contributed by atoms with E-state index in [9.17, 15) is 0 Å². The Morgan fingerprint density at radius 2 is 1.65 bits per heavy atom. The number of ether oxygens (including phenoxy) is 3. The van der Waals surface area contributed by atoms with E-state index in [0.717, 1.165) is 13.1 Å². The minimum absolute atomic E-state index is 0.0258. The quantitative estimate of drug-likeness (QED) is 0.845. The molecule has 6 heteroatoms. The molecule has 1 unspecified atom stereocenters. The summed E-state index contributed by atoms with van der Waals surface area (Å²) in [5.41, 5.74) is 0.101. The monoisotopic (exact) mass is 287 g/mol. The van der Waals surface area contributed by atoms with Gasteiger partial charge in [0.25, 0.3) is 0 Å². The third kappa shape index (κ3) is 4.13. The Morgan fingerprint density at radius 3 is 2.15 bits per heavy atom. The summed E-state index contributed by atoms with van der Waals surface area (Å²) >= 11 is 0. The highest BCUT2D eigenvalue weighted by Gasteiger charge is 2.34. The summed E-state index contributed by atoms with van der Waals surface area (Å²) in [4.78, 5) is 4.47. The zero-order chi connectivity index (χ0) is 14.8. The van der Waals surface area contributed by atoms with Crippen molar-refractivity contribution in [3.63, 3.8) is 0 Å². The lowest BCUT2D eigenvalue weighted by atomic mass is 9.97. The van der Waals surface area contributed by atoms with E-state index in [-0.39, 0.29) is 17.3 Å². The SMILES string of the molecule is CC(C)(C)N1CNC(CC(C)(C)N2COCOC2)OC1. The zero-order valence-electron chi connectivity index (χ0n) is 13.4. The fourth-order valence-electron chi connectivity index (χ4n) is 2.38. The maximum absolute atomic E-state index is 5.95. The zero-order valence-corrected chi connectivity index (χ0v) is 13.4. The molecule has 0 spiro atoms. The van der Waals surface area contributed by atoms with Crippen LogP contribution in [0.2, 0.25) is 0 Å². The lowest BCUT2D eigenvalue weighted by molar-refractivity contribution is -0.216. The minimum Gasteiger partial charge on any atom is -0.348 e. The Kier molecular flexibility index (Phi) is 5.05. The van der Waals surface area contributed by atoms with Gasteiger partial charge in [-0.3, -0.25) is 15.1 Å². The number of hydrogen-bond acceptors (Lipinski definition) is 6. The molecule has 0 aromatic heterocycles. The van der Waals surface area contributed by atoms with Crippen LogP contribution in [0, 0.1) is 0 Å². The molecule has 118 valence electrons. The molecule has 0 aromatic carbocycles. The van der Waals surface area contributed by atoms with E-state index in [1.165, 1.54) is 0 Å². The van der Waals surface area contributed by atoms with Gasteiger partial charge in [-0.1, -0.05) is 0 Å². The van der Waals surface area contributed by atoms with Crippen molar-refractivity contribution >= 4 is 0 Å². The first-order chi connectivity index (χ1) is 9.29. The maximum atomic E-state index is 5.95. The van der Waals surface area contributed by atoms with Crippen LogP contribution in [-0.2, 0) is 14.2 Å². The van der Waals surface area contributed by atoms with Crippen LogP contribution in [-0.4, -0.2) is 60.8 Å². The molecule has 0 saturated carbocycles. The minimum atomic E-state index is -0.0258. The molecule has 0 bridgehead atoms. The van der Waals surface area contributed by atoms with Crippen LogP contribution < -0.4 is 5.32 Å². The summed E-state index contributed by atoms with van der Waals surface area (Å²) in [6.07, 6.45) is 0.975. The van der Waals surface area contributed by atoms with Crippen molar-refractivity contribution in [3.8, 4) is 0 Å². The van der Waals surface area contributed by atoms with Gasteiger partial charge in [-0.05, 0) is 34.6 Å². The molecule has 2 rings (SSSR count). The van der Waals surface area contributed by atoms with Crippen molar-refractivity contribution in [1.29, 1.82) is 0 Å². The van der Waals surface area contributed by atoms with Crippen LogP contribution in [0.25, 0.3) is 0 Å². The molecular weight excluding hydrogens is 258 g/mol.